The third kappa shape index (κ3) is 2.60. The van der Waals surface area contributed by atoms with Crippen molar-refractivity contribution in [2.45, 2.75) is 0 Å². The van der Waals surface area contributed by atoms with Gasteiger partial charge in [0.25, 0.3) is 5.91 Å². The minimum atomic E-state index is -0.806. The zero-order valence-electron chi connectivity index (χ0n) is 8.52. The van der Waals surface area contributed by atoms with E-state index in [0.717, 1.165) is 18.2 Å². The first-order chi connectivity index (χ1) is 8.16. The lowest BCUT2D eigenvalue weighted by Crippen LogP contribution is -2.15. The Morgan fingerprint density at radius 2 is 1.88 bits per heavy atom. The Morgan fingerprint density at radius 1 is 1.18 bits per heavy atom. The van der Waals surface area contributed by atoms with Crippen LogP contribution in [0.5, 0.6) is 0 Å². The molecule has 86 valence electrons. The van der Waals surface area contributed by atoms with Gasteiger partial charge >= 0.3 is 0 Å². The zero-order valence-corrected chi connectivity index (χ0v) is 8.52. The van der Waals surface area contributed by atoms with Gasteiger partial charge in [0, 0.05) is 12.4 Å². The van der Waals surface area contributed by atoms with E-state index in [-0.39, 0.29) is 5.95 Å². The van der Waals surface area contributed by atoms with Crippen LogP contribution in [-0.4, -0.2) is 15.9 Å². The van der Waals surface area contributed by atoms with Crippen LogP contribution >= 0.6 is 0 Å². The van der Waals surface area contributed by atoms with Crippen molar-refractivity contribution in [3.05, 3.63) is 53.9 Å². The predicted molar refractivity (Wildman–Crippen MR) is 56.3 cm³/mol. The number of hydrogen-bond acceptors (Lipinski definition) is 3. The summed E-state index contributed by atoms with van der Waals surface area (Å²) in [6.07, 6.45) is 2.84. The van der Waals surface area contributed by atoms with Crippen LogP contribution in [0.1, 0.15) is 10.4 Å². The second-order valence-corrected chi connectivity index (χ2v) is 3.15. The number of nitrogens with one attached hydrogen (secondary N) is 1. The number of aromatic nitrogens is 2. The number of benzene rings is 1. The summed E-state index contributed by atoms with van der Waals surface area (Å²) in [5.41, 5.74) is -0.391. The molecule has 1 heterocycles. The number of rotatable bonds is 2. The summed E-state index contributed by atoms with van der Waals surface area (Å²) in [7, 11) is 0. The largest absolute Gasteiger partial charge is 0.290 e. The molecule has 0 unspecified atom stereocenters. The summed E-state index contributed by atoms with van der Waals surface area (Å²) in [6.45, 7) is 0. The molecule has 1 amide bonds. The van der Waals surface area contributed by atoms with Crippen LogP contribution < -0.4 is 5.32 Å². The average molecular weight is 235 g/mol. The number of anilines is 1. The maximum absolute atomic E-state index is 13.3. The summed E-state index contributed by atoms with van der Waals surface area (Å²) in [4.78, 5) is 19.1. The van der Waals surface area contributed by atoms with Gasteiger partial charge in [-0.2, -0.15) is 0 Å². The van der Waals surface area contributed by atoms with E-state index < -0.39 is 23.1 Å². The van der Waals surface area contributed by atoms with Gasteiger partial charge in [-0.15, -0.1) is 0 Å². The first-order valence-electron chi connectivity index (χ1n) is 4.70. The molecule has 0 saturated heterocycles. The van der Waals surface area contributed by atoms with E-state index in [0.29, 0.717) is 0 Å². The summed E-state index contributed by atoms with van der Waals surface area (Å²) < 4.78 is 26.1. The normalized spacial score (nSPS) is 10.0. The second-order valence-electron chi connectivity index (χ2n) is 3.15. The van der Waals surface area contributed by atoms with E-state index in [1.165, 1.54) is 12.4 Å². The molecule has 2 rings (SSSR count). The third-order valence-corrected chi connectivity index (χ3v) is 1.96. The fourth-order valence-corrected chi connectivity index (χ4v) is 1.20. The Kier molecular flexibility index (Phi) is 3.04. The molecule has 4 nitrogen and oxygen atoms in total. The molecule has 0 bridgehead atoms. The van der Waals surface area contributed by atoms with Crippen LogP contribution in [0, 0.1) is 11.6 Å². The van der Waals surface area contributed by atoms with Crippen LogP contribution in [-0.2, 0) is 0 Å². The number of halogens is 2. The highest BCUT2D eigenvalue weighted by Crippen LogP contribution is 2.11. The highest BCUT2D eigenvalue weighted by molar-refractivity contribution is 6.03. The number of nitrogens with zero attached hydrogens (tertiary/aromatic N) is 2. The zero-order chi connectivity index (χ0) is 12.3. The highest BCUT2D eigenvalue weighted by atomic mass is 19.1. The maximum Gasteiger partial charge on any atom is 0.261 e. The lowest BCUT2D eigenvalue weighted by atomic mass is 10.2. The average Bonchev–Trinajstić information content (AvgIpc) is 2.33. The summed E-state index contributed by atoms with van der Waals surface area (Å²) in [5, 5.41) is 2.26. The first kappa shape index (κ1) is 11.1. The van der Waals surface area contributed by atoms with Gasteiger partial charge < -0.3 is 0 Å². The SMILES string of the molecule is O=C(Nc1ncccn1)c1cc(F)ccc1F. The van der Waals surface area contributed by atoms with Gasteiger partial charge in [-0.1, -0.05) is 0 Å². The van der Waals surface area contributed by atoms with Gasteiger partial charge in [-0.05, 0) is 24.3 Å². The molecule has 0 atom stereocenters. The molecule has 0 saturated carbocycles. The monoisotopic (exact) mass is 235 g/mol. The van der Waals surface area contributed by atoms with Crippen LogP contribution in [0.15, 0.2) is 36.7 Å². The molecule has 6 heteroatoms. The molecular weight excluding hydrogens is 228 g/mol. The van der Waals surface area contributed by atoms with Crippen molar-refractivity contribution in [3.63, 3.8) is 0 Å². The standard InChI is InChI=1S/C11H7F2N3O/c12-7-2-3-9(13)8(6-7)10(17)16-11-14-4-1-5-15-11/h1-6H,(H,14,15,16,17). The molecular formula is C11H7F2N3O. The second kappa shape index (κ2) is 4.65. The lowest BCUT2D eigenvalue weighted by molar-refractivity contribution is 0.102. The fraction of sp³-hybridized carbons (Fsp3) is 0. The molecule has 0 aliphatic heterocycles. The molecule has 2 aromatic rings. The van der Waals surface area contributed by atoms with Gasteiger partial charge in [-0.25, -0.2) is 18.7 Å². The molecule has 1 N–H and O–H groups in total. The van der Waals surface area contributed by atoms with Crippen molar-refractivity contribution in [2.75, 3.05) is 5.32 Å². The van der Waals surface area contributed by atoms with E-state index in [2.05, 4.69) is 15.3 Å². The van der Waals surface area contributed by atoms with Gasteiger partial charge in [0.05, 0.1) is 5.56 Å². The van der Waals surface area contributed by atoms with Gasteiger partial charge in [0.2, 0.25) is 5.95 Å². The van der Waals surface area contributed by atoms with Crippen molar-refractivity contribution in [2.24, 2.45) is 0 Å². The van der Waals surface area contributed by atoms with Gasteiger partial charge in [0.1, 0.15) is 11.6 Å². The number of hydrogen-bond donors (Lipinski definition) is 1. The van der Waals surface area contributed by atoms with Gasteiger partial charge in [-0.3, -0.25) is 10.1 Å². The number of amides is 1. The molecule has 1 aromatic heterocycles. The van der Waals surface area contributed by atoms with Crippen molar-refractivity contribution in [1.82, 2.24) is 9.97 Å². The summed E-state index contributed by atoms with van der Waals surface area (Å²) in [5.74, 6) is -2.26. The van der Waals surface area contributed by atoms with E-state index in [1.54, 1.807) is 6.07 Å². The molecule has 0 spiro atoms. The molecule has 0 fully saturated rings. The van der Waals surface area contributed by atoms with Crippen LogP contribution in [0.25, 0.3) is 0 Å². The quantitative estimate of drug-likeness (QED) is 0.866. The van der Waals surface area contributed by atoms with Crippen molar-refractivity contribution in [1.29, 1.82) is 0 Å². The highest BCUT2D eigenvalue weighted by Gasteiger charge is 2.13. The van der Waals surface area contributed by atoms with Crippen LogP contribution in [0.4, 0.5) is 14.7 Å². The molecule has 0 radical (unpaired) electrons. The van der Waals surface area contributed by atoms with Crippen molar-refractivity contribution < 1.29 is 13.6 Å². The fourth-order valence-electron chi connectivity index (χ4n) is 1.20. The minimum Gasteiger partial charge on any atom is -0.290 e. The topological polar surface area (TPSA) is 54.9 Å². The van der Waals surface area contributed by atoms with Crippen LogP contribution in [0.2, 0.25) is 0 Å². The molecule has 17 heavy (non-hydrogen) atoms. The van der Waals surface area contributed by atoms with E-state index >= 15 is 0 Å². The van der Waals surface area contributed by atoms with Gasteiger partial charge in [0.15, 0.2) is 0 Å². The maximum atomic E-state index is 13.3. The molecule has 0 aliphatic carbocycles. The Morgan fingerprint density at radius 3 is 2.59 bits per heavy atom. The minimum absolute atomic E-state index is 0.0289. The predicted octanol–water partition coefficient (Wildman–Crippen LogP) is 2.01. The van der Waals surface area contributed by atoms with Crippen molar-refractivity contribution >= 4 is 11.9 Å². The molecule has 1 aromatic carbocycles. The Balaban J connectivity index is 2.23. The van der Waals surface area contributed by atoms with E-state index in [9.17, 15) is 13.6 Å². The molecule has 0 aliphatic rings. The van der Waals surface area contributed by atoms with E-state index in [4.69, 9.17) is 0 Å². The number of carbonyl (C=O) groups is 1. The summed E-state index contributed by atoms with van der Waals surface area (Å²) >= 11 is 0. The van der Waals surface area contributed by atoms with E-state index in [1.807, 2.05) is 0 Å². The van der Waals surface area contributed by atoms with Crippen LogP contribution in [0.3, 0.4) is 0 Å². The Labute approximate surface area is 95.3 Å². The number of carbonyl (C=O) groups excluding carboxylic acids is 1. The lowest BCUT2D eigenvalue weighted by Gasteiger charge is -2.04. The Hall–Kier alpha value is -2.37. The first-order valence-corrected chi connectivity index (χ1v) is 4.70. The summed E-state index contributed by atoms with van der Waals surface area (Å²) in [6, 6.07) is 4.20. The smallest absolute Gasteiger partial charge is 0.261 e. The third-order valence-electron chi connectivity index (χ3n) is 1.96. The Bertz CT molecular complexity index is 546. The van der Waals surface area contributed by atoms with Crippen molar-refractivity contribution in [3.8, 4) is 0 Å².